The Bertz CT molecular complexity index is 1110. The number of alkyl halides is 3. The zero-order chi connectivity index (χ0) is 24.5. The second-order valence-electron chi connectivity index (χ2n) is 6.19. The van der Waals surface area contributed by atoms with E-state index in [-0.39, 0.29) is 17.9 Å². The normalized spacial score (nSPS) is 11.2. The van der Waals surface area contributed by atoms with Gasteiger partial charge in [0.1, 0.15) is 11.5 Å². The van der Waals surface area contributed by atoms with Crippen LogP contribution in [0.25, 0.3) is 0 Å². The summed E-state index contributed by atoms with van der Waals surface area (Å²) >= 11 is 0. The number of benzene rings is 2. The van der Waals surface area contributed by atoms with Crippen LogP contribution in [0.15, 0.2) is 53.4 Å². The molecule has 0 heterocycles. The van der Waals surface area contributed by atoms with Gasteiger partial charge in [0.25, 0.3) is 5.91 Å². The average molecular weight is 486 g/mol. The molecule has 176 valence electrons. The van der Waals surface area contributed by atoms with E-state index in [0.29, 0.717) is 11.3 Å². The molecule has 2 aromatic carbocycles. The summed E-state index contributed by atoms with van der Waals surface area (Å²) in [5.41, 5.74) is 4.57. The minimum atomic E-state index is -4.91. The van der Waals surface area contributed by atoms with Gasteiger partial charge in [-0.1, -0.05) is 0 Å². The van der Waals surface area contributed by atoms with Crippen molar-refractivity contribution >= 4 is 21.8 Å². The summed E-state index contributed by atoms with van der Waals surface area (Å²) in [5.74, 6) is -1.64. The van der Waals surface area contributed by atoms with E-state index in [9.17, 15) is 31.2 Å². The number of nitrogens with one attached hydrogen (secondary N) is 3. The molecule has 0 radical (unpaired) electrons. The number of amides is 2. The maximum Gasteiger partial charge on any atom is 0.573 e. The lowest BCUT2D eigenvalue weighted by Gasteiger charge is -2.11. The van der Waals surface area contributed by atoms with Gasteiger partial charge in [0.15, 0.2) is 6.61 Å². The first-order chi connectivity index (χ1) is 15.5. The van der Waals surface area contributed by atoms with Gasteiger partial charge in [-0.05, 0) is 48.5 Å². The van der Waals surface area contributed by atoms with Crippen molar-refractivity contribution in [3.8, 4) is 17.6 Å². The highest BCUT2D eigenvalue weighted by molar-refractivity contribution is 7.89. The third-order valence-corrected chi connectivity index (χ3v) is 5.18. The number of hydrogen-bond donors (Lipinski definition) is 3. The third-order valence-electron chi connectivity index (χ3n) is 3.71. The first-order valence-electron chi connectivity index (χ1n) is 9.04. The van der Waals surface area contributed by atoms with E-state index in [1.807, 2.05) is 6.07 Å². The maximum atomic E-state index is 12.1. The number of halogens is 3. The molecule has 14 heteroatoms. The Morgan fingerprint density at radius 1 is 0.939 bits per heavy atom. The van der Waals surface area contributed by atoms with Crippen molar-refractivity contribution in [3.63, 3.8) is 0 Å². The largest absolute Gasteiger partial charge is 0.573 e. The first kappa shape index (κ1) is 25.4. The molecule has 0 aliphatic carbocycles. The van der Waals surface area contributed by atoms with Crippen LogP contribution in [0.4, 0.5) is 13.2 Å². The van der Waals surface area contributed by atoms with E-state index < -0.39 is 40.6 Å². The summed E-state index contributed by atoms with van der Waals surface area (Å²) < 4.78 is 71.6. The molecule has 0 atom stereocenters. The molecule has 0 saturated heterocycles. The highest BCUT2D eigenvalue weighted by Crippen LogP contribution is 2.23. The fourth-order valence-electron chi connectivity index (χ4n) is 2.22. The fourth-order valence-corrected chi connectivity index (χ4v) is 3.25. The molecule has 0 aliphatic heterocycles. The van der Waals surface area contributed by atoms with Crippen LogP contribution in [0, 0.1) is 11.3 Å². The van der Waals surface area contributed by atoms with Gasteiger partial charge in [-0.25, -0.2) is 13.1 Å². The predicted molar refractivity (Wildman–Crippen MR) is 106 cm³/mol. The Labute approximate surface area is 186 Å². The summed E-state index contributed by atoms with van der Waals surface area (Å²) in [4.78, 5) is 23.1. The van der Waals surface area contributed by atoms with Crippen molar-refractivity contribution in [2.45, 2.75) is 17.7 Å². The zero-order valence-electron chi connectivity index (χ0n) is 16.7. The monoisotopic (exact) mass is 486 g/mol. The highest BCUT2D eigenvalue weighted by Gasteiger charge is 2.31. The number of carbonyl (C=O) groups excluding carboxylic acids is 2. The third kappa shape index (κ3) is 9.05. The van der Waals surface area contributed by atoms with Crippen molar-refractivity contribution in [1.82, 2.24) is 15.6 Å². The number of sulfonamides is 1. The number of hydrazine groups is 1. The van der Waals surface area contributed by atoms with Crippen LogP contribution in [0.2, 0.25) is 0 Å². The number of nitrogens with zero attached hydrogens (tertiary/aromatic N) is 1. The molecule has 0 fully saturated rings. The minimum absolute atomic E-state index is 0.328. The number of nitriles is 1. The summed E-state index contributed by atoms with van der Waals surface area (Å²) in [5, 5.41) is 8.70. The molecule has 3 N–H and O–H groups in total. The molecule has 0 aromatic heterocycles. The Hall–Kier alpha value is -3.83. The SMILES string of the molecule is N#Cc1ccc(OCC(=O)NNC(=O)CCNS(=O)(=O)c2ccc(OC(F)(F)F)cc2)cc1. The second-order valence-corrected chi connectivity index (χ2v) is 7.96. The number of rotatable bonds is 9. The van der Waals surface area contributed by atoms with Crippen LogP contribution in [0.1, 0.15) is 12.0 Å². The molecule has 0 aliphatic rings. The Morgan fingerprint density at radius 3 is 2.09 bits per heavy atom. The number of hydrogen-bond acceptors (Lipinski definition) is 7. The smallest absolute Gasteiger partial charge is 0.484 e. The van der Waals surface area contributed by atoms with Gasteiger partial charge in [0, 0.05) is 13.0 Å². The van der Waals surface area contributed by atoms with Gasteiger partial charge < -0.3 is 9.47 Å². The summed E-state index contributed by atoms with van der Waals surface area (Å²) in [6.07, 6.45) is -5.25. The van der Waals surface area contributed by atoms with E-state index in [2.05, 4.69) is 20.3 Å². The van der Waals surface area contributed by atoms with Gasteiger partial charge in [-0.2, -0.15) is 5.26 Å². The number of ether oxygens (including phenoxy) is 2. The van der Waals surface area contributed by atoms with Gasteiger partial charge in [0.2, 0.25) is 15.9 Å². The Kier molecular flexibility index (Phi) is 8.60. The number of carbonyl (C=O) groups is 2. The lowest BCUT2D eigenvalue weighted by Crippen LogP contribution is -2.44. The van der Waals surface area contributed by atoms with E-state index in [0.717, 1.165) is 24.3 Å². The predicted octanol–water partition coefficient (Wildman–Crippen LogP) is 1.35. The van der Waals surface area contributed by atoms with Crippen LogP contribution in [-0.2, 0) is 19.6 Å². The molecule has 0 spiro atoms. The molecule has 0 bridgehead atoms. The van der Waals surface area contributed by atoms with Gasteiger partial charge in [0.05, 0.1) is 16.5 Å². The summed E-state index contributed by atoms with van der Waals surface area (Å²) in [7, 11) is -4.09. The first-order valence-corrected chi connectivity index (χ1v) is 10.5. The second kappa shape index (κ2) is 11.2. The van der Waals surface area contributed by atoms with Crippen LogP contribution in [0.5, 0.6) is 11.5 Å². The summed E-state index contributed by atoms with van der Waals surface area (Å²) in [6, 6.07) is 11.4. The molecular formula is C19H17F3N4O6S. The molecule has 10 nitrogen and oxygen atoms in total. The van der Waals surface area contributed by atoms with Gasteiger partial charge in [-0.3, -0.25) is 20.4 Å². The summed E-state index contributed by atoms with van der Waals surface area (Å²) in [6.45, 7) is -0.764. The van der Waals surface area contributed by atoms with Crippen LogP contribution in [-0.4, -0.2) is 39.7 Å². The molecule has 2 amide bonds. The topological polar surface area (TPSA) is 147 Å². The molecule has 33 heavy (non-hydrogen) atoms. The van der Waals surface area contributed by atoms with Crippen LogP contribution < -0.4 is 25.0 Å². The minimum Gasteiger partial charge on any atom is -0.484 e. The van der Waals surface area contributed by atoms with Crippen molar-refractivity contribution in [1.29, 1.82) is 5.26 Å². The average Bonchev–Trinajstić information content (AvgIpc) is 2.75. The molecule has 2 aromatic rings. The van der Waals surface area contributed by atoms with Gasteiger partial charge >= 0.3 is 6.36 Å². The standard InChI is InChI=1S/C19H17F3N4O6S/c20-19(21,22)32-15-5-7-16(8-6-15)33(29,30)24-10-9-17(27)25-26-18(28)12-31-14-3-1-13(11-23)2-4-14/h1-8,24H,9-10,12H2,(H,25,27)(H,26,28). The fraction of sp³-hybridized carbons (Fsp3) is 0.211. The van der Waals surface area contributed by atoms with Crippen molar-refractivity contribution in [3.05, 3.63) is 54.1 Å². The highest BCUT2D eigenvalue weighted by atomic mass is 32.2. The van der Waals surface area contributed by atoms with Crippen molar-refractivity contribution in [2.24, 2.45) is 0 Å². The quantitative estimate of drug-likeness (QED) is 0.454. The molecule has 0 saturated carbocycles. The molecule has 2 rings (SSSR count). The maximum absolute atomic E-state index is 12.1. The van der Waals surface area contributed by atoms with Gasteiger partial charge in [-0.15, -0.1) is 13.2 Å². The molecular weight excluding hydrogens is 469 g/mol. The van der Waals surface area contributed by atoms with Crippen LogP contribution >= 0.6 is 0 Å². The lowest BCUT2D eigenvalue weighted by atomic mass is 10.2. The van der Waals surface area contributed by atoms with Crippen molar-refractivity contribution < 1.29 is 40.7 Å². The zero-order valence-corrected chi connectivity index (χ0v) is 17.5. The van der Waals surface area contributed by atoms with E-state index in [1.165, 1.54) is 24.3 Å². The Morgan fingerprint density at radius 2 is 1.52 bits per heavy atom. The van der Waals surface area contributed by atoms with Crippen LogP contribution in [0.3, 0.4) is 0 Å². The van der Waals surface area contributed by atoms with E-state index in [1.54, 1.807) is 0 Å². The lowest BCUT2D eigenvalue weighted by molar-refractivity contribution is -0.274. The van der Waals surface area contributed by atoms with E-state index in [4.69, 9.17) is 10.00 Å². The Balaban J connectivity index is 1.71. The molecule has 0 unspecified atom stereocenters. The van der Waals surface area contributed by atoms with E-state index >= 15 is 0 Å². The van der Waals surface area contributed by atoms with Crippen molar-refractivity contribution in [2.75, 3.05) is 13.2 Å².